The van der Waals surface area contributed by atoms with Crippen LogP contribution in [0.3, 0.4) is 0 Å². The van der Waals surface area contributed by atoms with Gasteiger partial charge < -0.3 is 4.90 Å². The summed E-state index contributed by atoms with van der Waals surface area (Å²) >= 11 is 0. The molecule has 2 nitrogen and oxygen atoms in total. The van der Waals surface area contributed by atoms with Gasteiger partial charge in [-0.2, -0.15) is 0 Å². The van der Waals surface area contributed by atoms with Crippen molar-refractivity contribution in [3.63, 3.8) is 0 Å². The van der Waals surface area contributed by atoms with Crippen LogP contribution in [0.25, 0.3) is 0 Å². The van der Waals surface area contributed by atoms with E-state index in [2.05, 4.69) is 6.07 Å². The first-order chi connectivity index (χ1) is 9.16. The molecule has 1 amide bonds. The van der Waals surface area contributed by atoms with Crippen molar-refractivity contribution >= 4 is 5.91 Å². The largest absolute Gasteiger partial charge is 0.330 e. The summed E-state index contributed by atoms with van der Waals surface area (Å²) < 4.78 is 27.2. The lowest BCUT2D eigenvalue weighted by atomic mass is 10.1. The molecule has 1 heterocycles. The summed E-state index contributed by atoms with van der Waals surface area (Å²) in [6.45, 7) is 0.442. The Kier molecular flexibility index (Phi) is 2.78. The molecule has 0 spiro atoms. The molecule has 19 heavy (non-hydrogen) atoms. The predicted molar refractivity (Wildman–Crippen MR) is 65.2 cm³/mol. The highest BCUT2D eigenvalue weighted by molar-refractivity contribution is 5.98. The molecule has 0 aromatic heterocycles. The fourth-order valence-corrected chi connectivity index (χ4v) is 2.28. The minimum atomic E-state index is -0.662. The predicted octanol–water partition coefficient (Wildman–Crippen LogP) is 2.92. The molecule has 95 valence electrons. The molecule has 0 unspecified atom stereocenters. The molecule has 4 heteroatoms. The molecule has 0 saturated carbocycles. The van der Waals surface area contributed by atoms with Crippen molar-refractivity contribution in [2.75, 3.05) is 0 Å². The molecular weight excluding hydrogens is 248 g/mol. The van der Waals surface area contributed by atoms with E-state index in [9.17, 15) is 13.6 Å². The van der Waals surface area contributed by atoms with Crippen LogP contribution >= 0.6 is 0 Å². The Morgan fingerprint density at radius 3 is 2.47 bits per heavy atom. The minimum absolute atomic E-state index is 0.108. The molecule has 1 radical (unpaired) electrons. The third-order valence-electron chi connectivity index (χ3n) is 3.22. The number of hydrogen-bond acceptors (Lipinski definition) is 1. The van der Waals surface area contributed by atoms with E-state index < -0.39 is 17.5 Å². The van der Waals surface area contributed by atoms with E-state index in [1.807, 2.05) is 12.1 Å². The van der Waals surface area contributed by atoms with Crippen LogP contribution in [0.4, 0.5) is 8.78 Å². The van der Waals surface area contributed by atoms with Gasteiger partial charge in [0.1, 0.15) is 11.6 Å². The smallest absolute Gasteiger partial charge is 0.257 e. The molecule has 0 N–H and O–H groups in total. The van der Waals surface area contributed by atoms with Crippen LogP contribution in [-0.4, -0.2) is 10.8 Å². The Labute approximate surface area is 109 Å². The van der Waals surface area contributed by atoms with Crippen LogP contribution in [0.2, 0.25) is 0 Å². The number of nitrogens with zero attached hydrogens (tertiary/aromatic N) is 1. The summed E-state index contributed by atoms with van der Waals surface area (Å²) in [7, 11) is 0. The van der Waals surface area contributed by atoms with E-state index in [0.717, 1.165) is 17.7 Å². The van der Waals surface area contributed by atoms with E-state index in [0.29, 0.717) is 6.54 Å². The van der Waals surface area contributed by atoms with Crippen LogP contribution in [0.15, 0.2) is 36.4 Å². The highest BCUT2D eigenvalue weighted by Crippen LogP contribution is 2.28. The molecule has 2 aromatic carbocycles. The molecule has 0 aliphatic carbocycles. The Balaban J connectivity index is 1.92. The first-order valence-corrected chi connectivity index (χ1v) is 5.88. The lowest BCUT2D eigenvalue weighted by molar-refractivity contribution is 0.0763. The molecule has 3 rings (SSSR count). The maximum atomic E-state index is 13.6. The summed E-state index contributed by atoms with van der Waals surface area (Å²) in [4.78, 5) is 13.5. The normalized spacial score (nSPS) is 13.8. The first kappa shape index (κ1) is 11.8. The van der Waals surface area contributed by atoms with Crippen molar-refractivity contribution in [1.29, 1.82) is 0 Å². The lowest BCUT2D eigenvalue weighted by Gasteiger charge is -2.15. The van der Waals surface area contributed by atoms with Gasteiger partial charge in [0.25, 0.3) is 5.91 Å². The highest BCUT2D eigenvalue weighted by atomic mass is 19.1. The van der Waals surface area contributed by atoms with Crippen LogP contribution in [0.1, 0.15) is 21.5 Å². The summed E-state index contributed by atoms with van der Waals surface area (Å²) in [6, 6.07) is 12.1. The van der Waals surface area contributed by atoms with Gasteiger partial charge in [0.2, 0.25) is 0 Å². The molecule has 0 fully saturated rings. The standard InChI is InChI=1S/C15H10F2NO/c16-12-6-7-13(17)14-11(12)9-18(15(14)19)8-10-4-2-1-3-5-10/h2-7H,8-9H2. The second-order valence-corrected chi connectivity index (χ2v) is 4.45. The average molecular weight is 258 g/mol. The van der Waals surface area contributed by atoms with Gasteiger partial charge in [-0.05, 0) is 23.8 Å². The quantitative estimate of drug-likeness (QED) is 0.811. The second kappa shape index (κ2) is 4.46. The maximum absolute atomic E-state index is 13.6. The summed E-state index contributed by atoms with van der Waals surface area (Å²) in [5.74, 6) is -1.65. The molecule has 0 saturated heterocycles. The minimum Gasteiger partial charge on any atom is -0.330 e. The zero-order valence-corrected chi connectivity index (χ0v) is 9.99. The molecular formula is C15H10F2NO. The van der Waals surface area contributed by atoms with Crippen LogP contribution in [0, 0.1) is 17.7 Å². The van der Waals surface area contributed by atoms with E-state index in [-0.39, 0.29) is 17.7 Å². The van der Waals surface area contributed by atoms with Gasteiger partial charge in [-0.15, -0.1) is 0 Å². The number of fused-ring (bicyclic) bond motifs is 1. The maximum Gasteiger partial charge on any atom is 0.257 e. The van der Waals surface area contributed by atoms with Gasteiger partial charge in [0.05, 0.1) is 12.1 Å². The Morgan fingerprint density at radius 1 is 1.11 bits per heavy atom. The van der Waals surface area contributed by atoms with Gasteiger partial charge in [-0.3, -0.25) is 4.79 Å². The van der Waals surface area contributed by atoms with Gasteiger partial charge in [0.15, 0.2) is 0 Å². The molecule has 1 aliphatic heterocycles. The number of halogens is 2. The Hall–Kier alpha value is -2.23. The number of amides is 1. The number of benzene rings is 2. The van der Waals surface area contributed by atoms with Crippen LogP contribution in [0.5, 0.6) is 0 Å². The lowest BCUT2D eigenvalue weighted by Crippen LogP contribution is -2.23. The van der Waals surface area contributed by atoms with E-state index in [1.54, 1.807) is 12.1 Å². The van der Waals surface area contributed by atoms with Crippen molar-refractivity contribution < 1.29 is 13.6 Å². The fourth-order valence-electron chi connectivity index (χ4n) is 2.28. The van der Waals surface area contributed by atoms with Crippen molar-refractivity contribution in [2.24, 2.45) is 0 Å². The fraction of sp³-hybridized carbons (Fsp3) is 0.133. The second-order valence-electron chi connectivity index (χ2n) is 4.45. The summed E-state index contributed by atoms with van der Waals surface area (Å²) in [6.07, 6.45) is 0. The molecule has 0 atom stereocenters. The van der Waals surface area contributed by atoms with Crippen molar-refractivity contribution in [2.45, 2.75) is 13.1 Å². The molecule has 0 bridgehead atoms. The zero-order chi connectivity index (χ0) is 13.4. The monoisotopic (exact) mass is 258 g/mol. The summed E-state index contributed by atoms with van der Waals surface area (Å²) in [5, 5.41) is 0. The van der Waals surface area contributed by atoms with Crippen molar-refractivity contribution in [3.8, 4) is 0 Å². The Morgan fingerprint density at radius 2 is 1.79 bits per heavy atom. The third kappa shape index (κ3) is 1.99. The number of carbonyl (C=O) groups excluding carboxylic acids is 1. The number of carbonyl (C=O) groups is 1. The van der Waals surface area contributed by atoms with E-state index in [4.69, 9.17) is 0 Å². The van der Waals surface area contributed by atoms with Gasteiger partial charge >= 0.3 is 0 Å². The Bertz CT molecular complexity index is 640. The van der Waals surface area contributed by atoms with E-state index in [1.165, 1.54) is 4.90 Å². The SMILES string of the molecule is O=C1c2c(F)ccc(F)c2CN1Cc1cc[c]cc1. The summed E-state index contributed by atoms with van der Waals surface area (Å²) in [5.41, 5.74) is 0.913. The first-order valence-electron chi connectivity index (χ1n) is 5.88. The number of hydrogen-bond donors (Lipinski definition) is 0. The van der Waals surface area contributed by atoms with Crippen molar-refractivity contribution in [3.05, 3.63) is 70.8 Å². The van der Waals surface area contributed by atoms with Gasteiger partial charge in [-0.25, -0.2) is 8.78 Å². The van der Waals surface area contributed by atoms with Gasteiger partial charge in [0, 0.05) is 12.1 Å². The third-order valence-corrected chi connectivity index (χ3v) is 3.22. The van der Waals surface area contributed by atoms with Crippen molar-refractivity contribution in [1.82, 2.24) is 4.90 Å². The van der Waals surface area contributed by atoms with E-state index >= 15 is 0 Å². The van der Waals surface area contributed by atoms with Crippen LogP contribution < -0.4 is 0 Å². The highest BCUT2D eigenvalue weighted by Gasteiger charge is 2.32. The average Bonchev–Trinajstić information content (AvgIpc) is 2.74. The topological polar surface area (TPSA) is 20.3 Å². The van der Waals surface area contributed by atoms with Crippen LogP contribution in [-0.2, 0) is 13.1 Å². The zero-order valence-electron chi connectivity index (χ0n) is 9.99. The number of rotatable bonds is 2. The van der Waals surface area contributed by atoms with Gasteiger partial charge in [-0.1, -0.05) is 24.3 Å². The molecule has 1 aliphatic rings. The molecule has 2 aromatic rings.